The summed E-state index contributed by atoms with van der Waals surface area (Å²) >= 11 is 0. The molecular formula is C18H20N6O2. The van der Waals surface area contributed by atoms with Crippen molar-refractivity contribution in [1.82, 2.24) is 15.0 Å². The van der Waals surface area contributed by atoms with Crippen molar-refractivity contribution in [3.8, 4) is 17.2 Å². The summed E-state index contributed by atoms with van der Waals surface area (Å²) in [7, 11) is 0. The van der Waals surface area contributed by atoms with Gasteiger partial charge in [-0.05, 0) is 38.2 Å². The Kier molecular flexibility index (Phi) is 5.27. The highest BCUT2D eigenvalue weighted by Gasteiger charge is 2.22. The molecule has 3 N–H and O–H groups in total. The Balaban J connectivity index is 1.91. The number of hydrogen-bond acceptors (Lipinski definition) is 8. The first-order valence-electron chi connectivity index (χ1n) is 8.57. The average molecular weight is 352 g/mol. The van der Waals surface area contributed by atoms with Gasteiger partial charge in [-0.1, -0.05) is 0 Å². The van der Waals surface area contributed by atoms with Crippen molar-refractivity contribution >= 4 is 17.7 Å². The van der Waals surface area contributed by atoms with Crippen LogP contribution in [-0.2, 0) is 22.4 Å². The molecule has 0 bridgehead atoms. The molecule has 26 heavy (non-hydrogen) atoms. The maximum absolute atomic E-state index is 11.4. The number of rotatable bonds is 5. The lowest BCUT2D eigenvalue weighted by atomic mass is 9.87. The number of nitriles is 1. The second-order valence-electron chi connectivity index (χ2n) is 5.95. The Morgan fingerprint density at radius 3 is 2.77 bits per heavy atom. The molecule has 0 spiro atoms. The number of carbonyl (C=O) groups excluding carboxylic acids is 1. The van der Waals surface area contributed by atoms with E-state index in [1.54, 1.807) is 19.3 Å². The number of carbonyl (C=O) groups is 1. The molecule has 1 aliphatic carbocycles. The van der Waals surface area contributed by atoms with Gasteiger partial charge in [0.25, 0.3) is 0 Å². The summed E-state index contributed by atoms with van der Waals surface area (Å²) in [6.45, 7) is 2.07. The standard InChI is InChI=1S/C18H20N6O2/c1-2-26-15(25)10-23-18-21-8-11(9-22-18)16-12-5-3-4-6-14(12)24-17(20)13(16)7-19/h8-9H,2-6,10H2,1H3,(H2,20,24)(H,21,22,23). The van der Waals surface area contributed by atoms with E-state index >= 15 is 0 Å². The highest BCUT2D eigenvalue weighted by atomic mass is 16.5. The number of nitrogens with two attached hydrogens (primary N) is 1. The molecule has 2 aromatic rings. The Morgan fingerprint density at radius 2 is 2.08 bits per heavy atom. The number of aryl methyl sites for hydroxylation is 1. The van der Waals surface area contributed by atoms with Gasteiger partial charge in [-0.15, -0.1) is 0 Å². The third-order valence-electron chi connectivity index (χ3n) is 4.25. The number of nitrogens with one attached hydrogen (secondary N) is 1. The molecular weight excluding hydrogens is 332 g/mol. The van der Waals surface area contributed by atoms with Gasteiger partial charge in [0, 0.05) is 29.2 Å². The number of pyridine rings is 1. The van der Waals surface area contributed by atoms with Gasteiger partial charge in [0.2, 0.25) is 5.95 Å². The van der Waals surface area contributed by atoms with E-state index in [0.29, 0.717) is 18.1 Å². The molecule has 0 unspecified atom stereocenters. The molecule has 0 aliphatic heterocycles. The smallest absolute Gasteiger partial charge is 0.325 e. The van der Waals surface area contributed by atoms with Crippen LogP contribution in [0.5, 0.6) is 0 Å². The average Bonchev–Trinajstić information content (AvgIpc) is 2.66. The van der Waals surface area contributed by atoms with Crippen LogP contribution in [0.4, 0.5) is 11.8 Å². The summed E-state index contributed by atoms with van der Waals surface area (Å²) in [4.78, 5) is 24.3. The molecule has 0 fully saturated rings. The van der Waals surface area contributed by atoms with Gasteiger partial charge in [-0.25, -0.2) is 15.0 Å². The van der Waals surface area contributed by atoms with Gasteiger partial charge in [0.15, 0.2) is 0 Å². The van der Waals surface area contributed by atoms with Crippen LogP contribution in [0.3, 0.4) is 0 Å². The number of hydrogen-bond donors (Lipinski definition) is 2. The van der Waals surface area contributed by atoms with E-state index in [1.165, 1.54) is 0 Å². The molecule has 2 heterocycles. The molecule has 1 aliphatic rings. The lowest BCUT2D eigenvalue weighted by molar-refractivity contribution is -0.140. The Hall–Kier alpha value is -3.21. The van der Waals surface area contributed by atoms with E-state index < -0.39 is 0 Å². The lowest BCUT2D eigenvalue weighted by Crippen LogP contribution is -2.18. The molecule has 134 valence electrons. The van der Waals surface area contributed by atoms with Crippen molar-refractivity contribution in [2.24, 2.45) is 0 Å². The minimum absolute atomic E-state index is 0.00572. The predicted octanol–water partition coefficient (Wildman–Crippen LogP) is 1.85. The van der Waals surface area contributed by atoms with Crippen molar-refractivity contribution in [3.05, 3.63) is 29.2 Å². The molecule has 0 saturated carbocycles. The van der Waals surface area contributed by atoms with Crippen LogP contribution < -0.4 is 11.1 Å². The number of aromatic nitrogens is 3. The van der Waals surface area contributed by atoms with Crippen molar-refractivity contribution in [2.75, 3.05) is 24.2 Å². The molecule has 8 nitrogen and oxygen atoms in total. The number of fused-ring (bicyclic) bond motifs is 1. The second-order valence-corrected chi connectivity index (χ2v) is 5.95. The summed E-state index contributed by atoms with van der Waals surface area (Å²) in [5, 5.41) is 12.3. The van der Waals surface area contributed by atoms with E-state index in [9.17, 15) is 10.1 Å². The lowest BCUT2D eigenvalue weighted by Gasteiger charge is -2.20. The van der Waals surface area contributed by atoms with Crippen LogP contribution >= 0.6 is 0 Å². The van der Waals surface area contributed by atoms with Crippen LogP contribution in [-0.4, -0.2) is 34.1 Å². The Morgan fingerprint density at radius 1 is 1.35 bits per heavy atom. The molecule has 3 rings (SSSR count). The van der Waals surface area contributed by atoms with Gasteiger partial charge in [0.1, 0.15) is 24.0 Å². The molecule has 2 aromatic heterocycles. The Bertz CT molecular complexity index is 857. The van der Waals surface area contributed by atoms with Gasteiger partial charge in [0.05, 0.1) is 6.61 Å². The third-order valence-corrected chi connectivity index (χ3v) is 4.25. The number of nitrogens with zero attached hydrogens (tertiary/aromatic N) is 4. The largest absolute Gasteiger partial charge is 0.465 e. The fourth-order valence-corrected chi connectivity index (χ4v) is 3.11. The zero-order valence-electron chi connectivity index (χ0n) is 14.6. The van der Waals surface area contributed by atoms with Crippen LogP contribution in [0.2, 0.25) is 0 Å². The maximum Gasteiger partial charge on any atom is 0.325 e. The fourth-order valence-electron chi connectivity index (χ4n) is 3.11. The van der Waals surface area contributed by atoms with Crippen LogP contribution in [0.25, 0.3) is 11.1 Å². The number of anilines is 2. The van der Waals surface area contributed by atoms with E-state index in [2.05, 4.69) is 26.3 Å². The van der Waals surface area contributed by atoms with Crippen molar-refractivity contribution < 1.29 is 9.53 Å². The van der Waals surface area contributed by atoms with E-state index in [0.717, 1.165) is 48.1 Å². The summed E-state index contributed by atoms with van der Waals surface area (Å²) < 4.78 is 4.85. The molecule has 0 radical (unpaired) electrons. The van der Waals surface area contributed by atoms with Crippen LogP contribution in [0.15, 0.2) is 12.4 Å². The first-order valence-corrected chi connectivity index (χ1v) is 8.57. The number of nitrogen functional groups attached to an aromatic ring is 1. The third kappa shape index (κ3) is 3.57. The van der Waals surface area contributed by atoms with Crippen molar-refractivity contribution in [3.63, 3.8) is 0 Å². The summed E-state index contributed by atoms with van der Waals surface area (Å²) in [6, 6.07) is 2.16. The summed E-state index contributed by atoms with van der Waals surface area (Å²) in [5.74, 6) is 0.187. The van der Waals surface area contributed by atoms with Gasteiger partial charge in [-0.2, -0.15) is 5.26 Å². The molecule has 0 amide bonds. The molecule has 0 atom stereocenters. The predicted molar refractivity (Wildman–Crippen MR) is 96.2 cm³/mol. The minimum atomic E-state index is -0.372. The minimum Gasteiger partial charge on any atom is -0.465 e. The Labute approximate surface area is 151 Å². The second kappa shape index (κ2) is 7.78. The van der Waals surface area contributed by atoms with Crippen LogP contribution in [0, 0.1) is 11.3 Å². The molecule has 8 heteroatoms. The zero-order chi connectivity index (χ0) is 18.5. The first kappa shape index (κ1) is 17.6. The van der Waals surface area contributed by atoms with Crippen LogP contribution in [0.1, 0.15) is 36.6 Å². The van der Waals surface area contributed by atoms with Crippen molar-refractivity contribution in [1.29, 1.82) is 5.26 Å². The highest BCUT2D eigenvalue weighted by molar-refractivity contribution is 5.79. The van der Waals surface area contributed by atoms with E-state index in [-0.39, 0.29) is 18.3 Å². The maximum atomic E-state index is 11.4. The summed E-state index contributed by atoms with van der Waals surface area (Å²) in [6.07, 6.45) is 7.10. The van der Waals surface area contributed by atoms with Gasteiger partial charge < -0.3 is 15.8 Å². The number of ether oxygens (including phenoxy) is 1. The monoisotopic (exact) mass is 352 g/mol. The first-order chi connectivity index (χ1) is 12.6. The molecule has 0 saturated heterocycles. The van der Waals surface area contributed by atoms with E-state index in [1.807, 2.05) is 0 Å². The highest BCUT2D eigenvalue weighted by Crippen LogP contribution is 2.35. The fraction of sp³-hybridized carbons (Fsp3) is 0.389. The quantitative estimate of drug-likeness (QED) is 0.781. The van der Waals surface area contributed by atoms with Gasteiger partial charge >= 0.3 is 5.97 Å². The van der Waals surface area contributed by atoms with E-state index in [4.69, 9.17) is 10.5 Å². The topological polar surface area (TPSA) is 127 Å². The van der Waals surface area contributed by atoms with Gasteiger partial charge in [-0.3, -0.25) is 4.79 Å². The zero-order valence-corrected chi connectivity index (χ0v) is 14.6. The molecule has 0 aromatic carbocycles. The number of esters is 1. The normalized spacial score (nSPS) is 12.8. The van der Waals surface area contributed by atoms with Crippen molar-refractivity contribution in [2.45, 2.75) is 32.6 Å². The SMILES string of the molecule is CCOC(=O)CNc1ncc(-c2c(C#N)c(N)nc3c2CCCC3)cn1. The summed E-state index contributed by atoms with van der Waals surface area (Å²) in [5.41, 5.74) is 9.85.